The van der Waals surface area contributed by atoms with Crippen LogP contribution < -0.4 is 10.1 Å². The quantitative estimate of drug-likeness (QED) is 0.543. The number of methoxy groups -OCH3 is 1. The molecule has 1 amide bonds. The molecule has 0 aliphatic heterocycles. The first-order chi connectivity index (χ1) is 15.7. The van der Waals surface area contributed by atoms with Crippen LogP contribution in [0.1, 0.15) is 61.6 Å². The van der Waals surface area contributed by atoms with Gasteiger partial charge in [-0.25, -0.2) is 9.97 Å². The lowest BCUT2D eigenvalue weighted by molar-refractivity contribution is -0.141. The second-order valence-electron chi connectivity index (χ2n) is 8.77. The van der Waals surface area contributed by atoms with Crippen LogP contribution in [0.3, 0.4) is 0 Å². The number of ether oxygens (including phenoxy) is 1. The summed E-state index contributed by atoms with van der Waals surface area (Å²) >= 11 is 0. The number of rotatable bonds is 5. The molecule has 1 saturated carbocycles. The molecule has 0 atom stereocenters. The first-order valence-corrected chi connectivity index (χ1v) is 10.9. The average Bonchev–Trinajstić information content (AvgIpc) is 3.20. The molecule has 176 valence electrons. The summed E-state index contributed by atoms with van der Waals surface area (Å²) in [5.74, 6) is 0.734. The highest BCUT2D eigenvalue weighted by atomic mass is 19.4. The van der Waals surface area contributed by atoms with Crippen molar-refractivity contribution < 1.29 is 22.7 Å². The molecule has 2 aromatic heterocycles. The maximum Gasteiger partial charge on any atom is 0.434 e. The van der Waals surface area contributed by atoms with Gasteiger partial charge in [-0.1, -0.05) is 13.8 Å². The van der Waals surface area contributed by atoms with Crippen LogP contribution >= 0.6 is 0 Å². The average molecular weight is 461 g/mol. The zero-order valence-corrected chi connectivity index (χ0v) is 18.7. The molecule has 7 nitrogen and oxygen atoms in total. The van der Waals surface area contributed by atoms with Gasteiger partial charge in [0.1, 0.15) is 12.1 Å². The molecule has 1 N–H and O–H groups in total. The highest BCUT2D eigenvalue weighted by Crippen LogP contribution is 2.37. The van der Waals surface area contributed by atoms with Crippen molar-refractivity contribution in [2.75, 3.05) is 12.4 Å². The molecule has 4 rings (SSSR count). The number of benzene rings is 1. The molecule has 0 unspecified atom stereocenters. The van der Waals surface area contributed by atoms with Gasteiger partial charge in [0, 0.05) is 23.8 Å². The first kappa shape index (κ1) is 23.0. The molecule has 1 aliphatic rings. The number of alkyl halides is 3. The number of anilines is 1. The third-order valence-electron chi connectivity index (χ3n) is 6.38. The molecular formula is C23H26F3N5O2. The number of nitrogens with zero attached hydrogens (tertiary/aromatic N) is 4. The minimum Gasteiger partial charge on any atom is -0.494 e. The summed E-state index contributed by atoms with van der Waals surface area (Å²) in [6, 6.07) is 3.63. The van der Waals surface area contributed by atoms with E-state index in [4.69, 9.17) is 9.84 Å². The Morgan fingerprint density at radius 3 is 2.58 bits per heavy atom. The van der Waals surface area contributed by atoms with Crippen LogP contribution in [0.15, 0.2) is 30.9 Å². The van der Waals surface area contributed by atoms with Crippen molar-refractivity contribution in [2.24, 2.45) is 11.8 Å². The van der Waals surface area contributed by atoms with Crippen LogP contribution in [0.2, 0.25) is 0 Å². The zero-order valence-electron chi connectivity index (χ0n) is 18.7. The Hall–Kier alpha value is -3.17. The van der Waals surface area contributed by atoms with Crippen molar-refractivity contribution in [2.45, 2.75) is 51.7 Å². The topological polar surface area (TPSA) is 81.9 Å². The Labute approximate surface area is 189 Å². The number of nitrogens with one attached hydrogen (secondary N) is 1. The summed E-state index contributed by atoms with van der Waals surface area (Å²) < 4.78 is 47.1. The van der Waals surface area contributed by atoms with Crippen LogP contribution in [0.4, 0.5) is 18.9 Å². The van der Waals surface area contributed by atoms with E-state index in [1.165, 1.54) is 7.11 Å². The van der Waals surface area contributed by atoms with Gasteiger partial charge in [0.05, 0.1) is 29.9 Å². The summed E-state index contributed by atoms with van der Waals surface area (Å²) in [5, 5.41) is 7.96. The SMILES string of the molecule is COc1cc2nn(C3CCC(C(C)C)CC3)cc2cc1NC(=O)c1cncnc1C(F)(F)F. The number of hydrogen-bond donors (Lipinski definition) is 1. The third-order valence-corrected chi connectivity index (χ3v) is 6.38. The summed E-state index contributed by atoms with van der Waals surface area (Å²) in [7, 11) is 1.42. The number of hydrogen-bond acceptors (Lipinski definition) is 5. The largest absolute Gasteiger partial charge is 0.494 e. The van der Waals surface area contributed by atoms with Gasteiger partial charge >= 0.3 is 6.18 Å². The Morgan fingerprint density at radius 1 is 1.21 bits per heavy atom. The maximum absolute atomic E-state index is 13.2. The second kappa shape index (κ2) is 8.99. The van der Waals surface area contributed by atoms with Gasteiger partial charge in [-0.2, -0.15) is 18.3 Å². The van der Waals surface area contributed by atoms with Crippen molar-refractivity contribution in [1.82, 2.24) is 19.7 Å². The molecule has 1 aliphatic carbocycles. The van der Waals surface area contributed by atoms with Gasteiger partial charge in [0.25, 0.3) is 5.91 Å². The van der Waals surface area contributed by atoms with E-state index < -0.39 is 23.3 Å². The molecule has 0 radical (unpaired) electrons. The maximum atomic E-state index is 13.2. The number of aromatic nitrogens is 4. The predicted molar refractivity (Wildman–Crippen MR) is 117 cm³/mol. The molecule has 0 spiro atoms. The number of fused-ring (bicyclic) bond motifs is 1. The Balaban J connectivity index is 1.60. The van der Waals surface area contributed by atoms with Crippen LogP contribution in [-0.2, 0) is 6.18 Å². The fraction of sp³-hybridized carbons (Fsp3) is 0.478. The van der Waals surface area contributed by atoms with Crippen LogP contribution in [-0.4, -0.2) is 32.8 Å². The zero-order chi connectivity index (χ0) is 23.8. The van der Waals surface area contributed by atoms with Gasteiger partial charge in [0.15, 0.2) is 5.69 Å². The fourth-order valence-electron chi connectivity index (χ4n) is 4.47. The van der Waals surface area contributed by atoms with E-state index >= 15 is 0 Å². The highest BCUT2D eigenvalue weighted by molar-refractivity contribution is 6.06. The van der Waals surface area contributed by atoms with E-state index in [9.17, 15) is 18.0 Å². The number of carbonyl (C=O) groups is 1. The van der Waals surface area contributed by atoms with Crippen molar-refractivity contribution in [3.63, 3.8) is 0 Å². The van der Waals surface area contributed by atoms with Crippen molar-refractivity contribution >= 4 is 22.5 Å². The molecule has 2 heterocycles. The summed E-state index contributed by atoms with van der Waals surface area (Å²) in [5.41, 5.74) is -1.02. The molecule has 1 fully saturated rings. The second-order valence-corrected chi connectivity index (χ2v) is 8.77. The monoisotopic (exact) mass is 461 g/mol. The van der Waals surface area contributed by atoms with Gasteiger partial charge < -0.3 is 10.1 Å². The Morgan fingerprint density at radius 2 is 1.94 bits per heavy atom. The lowest BCUT2D eigenvalue weighted by Gasteiger charge is -2.30. The number of halogens is 3. The van der Waals surface area contributed by atoms with E-state index in [0.717, 1.165) is 49.5 Å². The Kier molecular flexibility index (Phi) is 6.27. The fourth-order valence-corrected chi connectivity index (χ4v) is 4.47. The Bertz CT molecular complexity index is 1150. The van der Waals surface area contributed by atoms with Crippen molar-refractivity contribution in [3.05, 3.63) is 42.1 Å². The van der Waals surface area contributed by atoms with Gasteiger partial charge in [-0.15, -0.1) is 0 Å². The third kappa shape index (κ3) is 4.79. The molecule has 33 heavy (non-hydrogen) atoms. The van der Waals surface area contributed by atoms with E-state index in [2.05, 4.69) is 29.1 Å². The highest BCUT2D eigenvalue weighted by Gasteiger charge is 2.37. The normalized spacial score (nSPS) is 19.1. The lowest BCUT2D eigenvalue weighted by Crippen LogP contribution is -2.21. The van der Waals surface area contributed by atoms with Gasteiger partial charge in [-0.05, 0) is 43.6 Å². The van der Waals surface area contributed by atoms with E-state index in [1.807, 2.05) is 10.9 Å². The standard InChI is InChI=1S/C23H26F3N5O2/c1-13(2)14-4-6-16(7-5-14)31-11-15-8-19(20(33-3)9-18(15)30-31)29-22(32)17-10-27-12-28-21(17)23(24,25)26/h8-14,16H,4-7H2,1-3H3,(H,29,32). The van der Waals surface area contributed by atoms with Crippen LogP contribution in [0, 0.1) is 11.8 Å². The van der Waals surface area contributed by atoms with Crippen LogP contribution in [0.5, 0.6) is 5.75 Å². The molecule has 10 heteroatoms. The number of carbonyl (C=O) groups excluding carboxylic acids is 1. The van der Waals surface area contributed by atoms with Gasteiger partial charge in [-0.3, -0.25) is 9.48 Å². The summed E-state index contributed by atoms with van der Waals surface area (Å²) in [6.07, 6.45) is 3.15. The van der Waals surface area contributed by atoms with Crippen molar-refractivity contribution in [3.8, 4) is 5.75 Å². The first-order valence-electron chi connectivity index (χ1n) is 10.9. The minimum absolute atomic E-state index is 0.245. The molecule has 1 aromatic carbocycles. The van der Waals surface area contributed by atoms with E-state index in [0.29, 0.717) is 23.2 Å². The molecule has 0 bridgehead atoms. The van der Waals surface area contributed by atoms with E-state index in [1.54, 1.807) is 12.1 Å². The molecule has 3 aromatic rings. The van der Waals surface area contributed by atoms with E-state index in [-0.39, 0.29) is 5.69 Å². The molecular weight excluding hydrogens is 435 g/mol. The van der Waals surface area contributed by atoms with Crippen LogP contribution in [0.25, 0.3) is 10.9 Å². The number of amides is 1. The lowest BCUT2D eigenvalue weighted by atomic mass is 9.80. The minimum atomic E-state index is -4.78. The van der Waals surface area contributed by atoms with Crippen molar-refractivity contribution in [1.29, 1.82) is 0 Å². The predicted octanol–water partition coefficient (Wildman–Crippen LogP) is 5.49. The van der Waals surface area contributed by atoms with Gasteiger partial charge in [0.2, 0.25) is 0 Å². The summed E-state index contributed by atoms with van der Waals surface area (Å²) in [6.45, 7) is 4.52. The molecule has 0 saturated heterocycles. The smallest absolute Gasteiger partial charge is 0.434 e. The summed E-state index contributed by atoms with van der Waals surface area (Å²) in [4.78, 5) is 19.5.